The van der Waals surface area contributed by atoms with Crippen molar-refractivity contribution in [3.63, 3.8) is 0 Å². The Morgan fingerprint density at radius 1 is 1.20 bits per heavy atom. The highest BCUT2D eigenvalue weighted by Crippen LogP contribution is 2.26. The summed E-state index contributed by atoms with van der Waals surface area (Å²) >= 11 is 1.81. The van der Waals surface area contributed by atoms with E-state index in [0.29, 0.717) is 6.54 Å². The Hall–Kier alpha value is -1.39. The van der Waals surface area contributed by atoms with Gasteiger partial charge in [0.15, 0.2) is 5.96 Å². The molecule has 1 aliphatic heterocycles. The first kappa shape index (κ1) is 24.9. The van der Waals surface area contributed by atoms with Crippen LogP contribution in [0.3, 0.4) is 0 Å². The molecule has 0 atom stereocenters. The number of hydrogen-bond donors (Lipinski definition) is 2. The molecule has 0 bridgehead atoms. The summed E-state index contributed by atoms with van der Waals surface area (Å²) < 4.78 is 0. The van der Waals surface area contributed by atoms with Crippen molar-refractivity contribution in [2.75, 3.05) is 51.2 Å². The number of nitrogens with zero attached hydrogens (tertiary/aromatic N) is 4. The molecule has 0 aromatic carbocycles. The van der Waals surface area contributed by atoms with E-state index < -0.39 is 0 Å². The number of piperazine rings is 1. The van der Waals surface area contributed by atoms with Crippen molar-refractivity contribution >= 4 is 47.1 Å². The molecule has 1 aliphatic rings. The minimum atomic E-state index is 0. The molecule has 0 saturated carbocycles. The lowest BCUT2D eigenvalue weighted by atomic mass is 9.91. The molecule has 0 amide bonds. The van der Waals surface area contributed by atoms with Gasteiger partial charge in [0.2, 0.25) is 0 Å². The van der Waals surface area contributed by atoms with Gasteiger partial charge in [-0.3, -0.25) is 0 Å². The van der Waals surface area contributed by atoms with E-state index in [1.54, 1.807) is 11.3 Å². The molecule has 3 rings (SSSR count). The van der Waals surface area contributed by atoms with E-state index in [0.717, 1.165) is 51.0 Å². The van der Waals surface area contributed by atoms with Gasteiger partial charge in [-0.15, -0.1) is 35.3 Å². The van der Waals surface area contributed by atoms with Gasteiger partial charge in [0.05, 0.1) is 6.54 Å². The maximum Gasteiger partial charge on any atom is 0.191 e. The van der Waals surface area contributed by atoms with Crippen LogP contribution in [0.5, 0.6) is 0 Å². The van der Waals surface area contributed by atoms with Crippen LogP contribution in [0, 0.1) is 0 Å². The summed E-state index contributed by atoms with van der Waals surface area (Å²) in [6, 6.07) is 8.55. The van der Waals surface area contributed by atoms with Gasteiger partial charge >= 0.3 is 0 Å². The van der Waals surface area contributed by atoms with Crippen molar-refractivity contribution in [2.24, 2.45) is 4.99 Å². The minimum absolute atomic E-state index is 0. The molecule has 1 fully saturated rings. The maximum atomic E-state index is 4.81. The lowest BCUT2D eigenvalue weighted by Gasteiger charge is -2.33. The average Bonchev–Trinajstić information content (AvgIpc) is 3.27. The van der Waals surface area contributed by atoms with Crippen LogP contribution >= 0.6 is 35.3 Å². The number of halogens is 1. The largest absolute Gasteiger partial charge is 0.357 e. The predicted octanol–water partition coefficient (Wildman–Crippen LogP) is 3.55. The number of pyridine rings is 1. The first-order valence-corrected chi connectivity index (χ1v) is 11.3. The van der Waals surface area contributed by atoms with E-state index in [9.17, 15) is 0 Å². The molecule has 3 heterocycles. The third-order valence-corrected chi connectivity index (χ3v) is 6.52. The van der Waals surface area contributed by atoms with Gasteiger partial charge in [0.25, 0.3) is 0 Å². The predicted molar refractivity (Wildman–Crippen MR) is 140 cm³/mol. The second-order valence-electron chi connectivity index (χ2n) is 8.22. The summed E-state index contributed by atoms with van der Waals surface area (Å²) in [5.41, 5.74) is 1.25. The molecule has 2 aromatic rings. The Morgan fingerprint density at radius 3 is 2.63 bits per heavy atom. The van der Waals surface area contributed by atoms with Crippen LogP contribution in [0.1, 0.15) is 31.2 Å². The molecule has 8 heteroatoms. The molecule has 0 radical (unpaired) electrons. The van der Waals surface area contributed by atoms with Gasteiger partial charge in [-0.05, 0) is 43.1 Å². The molecule has 2 N–H and O–H groups in total. The number of guanidine groups is 1. The molecular formula is C22H35IN6S. The van der Waals surface area contributed by atoms with Crippen LogP contribution in [-0.4, -0.2) is 62.2 Å². The molecule has 30 heavy (non-hydrogen) atoms. The molecule has 2 aromatic heterocycles. The topological polar surface area (TPSA) is 55.8 Å². The number of aliphatic imine (C=N–C) groups is 1. The maximum absolute atomic E-state index is 4.81. The first-order valence-electron chi connectivity index (χ1n) is 10.4. The highest BCUT2D eigenvalue weighted by molar-refractivity contribution is 14.0. The first-order chi connectivity index (χ1) is 14.0. The van der Waals surface area contributed by atoms with Crippen LogP contribution in [0.25, 0.3) is 0 Å². The van der Waals surface area contributed by atoms with Gasteiger partial charge in [-0.25, -0.2) is 9.98 Å². The summed E-state index contributed by atoms with van der Waals surface area (Å²) in [7, 11) is 2.17. The van der Waals surface area contributed by atoms with E-state index in [4.69, 9.17) is 4.99 Å². The Morgan fingerprint density at radius 2 is 1.97 bits per heavy atom. The van der Waals surface area contributed by atoms with Crippen molar-refractivity contribution in [3.8, 4) is 0 Å². The third kappa shape index (κ3) is 7.09. The summed E-state index contributed by atoms with van der Waals surface area (Å²) in [5.74, 6) is 1.91. The van der Waals surface area contributed by atoms with E-state index in [-0.39, 0.29) is 29.4 Å². The van der Waals surface area contributed by atoms with Crippen molar-refractivity contribution in [2.45, 2.75) is 32.7 Å². The number of likely N-dealkylation sites (N-methyl/N-ethyl adjacent to an activating group) is 1. The number of anilines is 1. The SMILES string of the molecule is CCNC(=NCc1ccnc(N2CCN(C)CC2)c1)NCC(C)(C)c1cccs1.I. The van der Waals surface area contributed by atoms with Crippen LogP contribution in [0.15, 0.2) is 40.8 Å². The van der Waals surface area contributed by atoms with Gasteiger partial charge in [-0.1, -0.05) is 19.9 Å². The monoisotopic (exact) mass is 542 g/mol. The van der Waals surface area contributed by atoms with Crippen molar-refractivity contribution in [3.05, 3.63) is 46.3 Å². The van der Waals surface area contributed by atoms with Crippen molar-refractivity contribution in [1.82, 2.24) is 20.5 Å². The third-order valence-electron chi connectivity index (χ3n) is 5.29. The quantitative estimate of drug-likeness (QED) is 0.319. The number of hydrogen-bond acceptors (Lipinski definition) is 5. The summed E-state index contributed by atoms with van der Waals surface area (Å²) in [6.45, 7) is 13.2. The summed E-state index contributed by atoms with van der Waals surface area (Å²) in [6.07, 6.45) is 1.90. The van der Waals surface area contributed by atoms with Crippen molar-refractivity contribution in [1.29, 1.82) is 0 Å². The lowest BCUT2D eigenvalue weighted by Crippen LogP contribution is -2.44. The van der Waals surface area contributed by atoms with E-state index in [2.05, 4.69) is 82.9 Å². The fraction of sp³-hybridized carbons (Fsp3) is 0.545. The van der Waals surface area contributed by atoms with Crippen LogP contribution < -0.4 is 15.5 Å². The molecule has 166 valence electrons. The molecule has 0 unspecified atom stereocenters. The lowest BCUT2D eigenvalue weighted by molar-refractivity contribution is 0.312. The Kier molecular flexibility index (Phi) is 9.83. The zero-order valence-electron chi connectivity index (χ0n) is 18.5. The Bertz CT molecular complexity index is 785. The molecule has 1 saturated heterocycles. The van der Waals surface area contributed by atoms with Gasteiger partial charge < -0.3 is 20.4 Å². The van der Waals surface area contributed by atoms with E-state index >= 15 is 0 Å². The normalized spacial score (nSPS) is 15.6. The Labute approximate surface area is 202 Å². The zero-order valence-corrected chi connectivity index (χ0v) is 21.7. The van der Waals surface area contributed by atoms with Gasteiger partial charge in [0.1, 0.15) is 5.82 Å². The molecule has 0 spiro atoms. The van der Waals surface area contributed by atoms with Crippen LogP contribution in [-0.2, 0) is 12.0 Å². The fourth-order valence-electron chi connectivity index (χ4n) is 3.33. The molecular weight excluding hydrogens is 507 g/mol. The van der Waals surface area contributed by atoms with Gasteiger partial charge in [-0.2, -0.15) is 0 Å². The fourth-order valence-corrected chi connectivity index (χ4v) is 4.19. The van der Waals surface area contributed by atoms with Crippen molar-refractivity contribution < 1.29 is 0 Å². The second-order valence-corrected chi connectivity index (χ2v) is 9.17. The summed E-state index contributed by atoms with van der Waals surface area (Å²) in [5, 5.41) is 9.02. The summed E-state index contributed by atoms with van der Waals surface area (Å²) in [4.78, 5) is 15.5. The zero-order chi connectivity index (χ0) is 20.7. The highest BCUT2D eigenvalue weighted by Gasteiger charge is 2.22. The number of rotatable bonds is 7. The average molecular weight is 543 g/mol. The highest BCUT2D eigenvalue weighted by atomic mass is 127. The molecule has 0 aliphatic carbocycles. The standard InChI is InChI=1S/C22H34N6S.HI/c1-5-23-21(26-17-22(2,3)19-7-6-14-29-19)25-16-18-8-9-24-20(15-18)28-12-10-27(4)11-13-28;/h6-9,14-15H,5,10-13,16-17H2,1-4H3,(H2,23,25,26);1H. The molecule has 6 nitrogen and oxygen atoms in total. The van der Waals surface area contributed by atoms with E-state index in [1.807, 2.05) is 6.20 Å². The van der Waals surface area contributed by atoms with Crippen LogP contribution in [0.4, 0.5) is 5.82 Å². The number of aromatic nitrogens is 1. The number of thiophene rings is 1. The van der Waals surface area contributed by atoms with Gasteiger partial charge in [0, 0.05) is 55.8 Å². The second kappa shape index (κ2) is 11.9. The minimum Gasteiger partial charge on any atom is -0.357 e. The smallest absolute Gasteiger partial charge is 0.191 e. The number of nitrogens with one attached hydrogen (secondary N) is 2. The van der Waals surface area contributed by atoms with Crippen LogP contribution in [0.2, 0.25) is 0 Å². The Balaban J connectivity index is 0.00000320. The van der Waals surface area contributed by atoms with E-state index in [1.165, 1.54) is 10.4 Å².